The maximum absolute atomic E-state index is 11.7. The zero-order valence-corrected chi connectivity index (χ0v) is 11.6. The maximum atomic E-state index is 11.7. The second kappa shape index (κ2) is 5.03. The van der Waals surface area contributed by atoms with Crippen LogP contribution in [0.5, 0.6) is 0 Å². The summed E-state index contributed by atoms with van der Waals surface area (Å²) in [5.41, 5.74) is 7.10. The SMILES string of the molecule is CC(C)(C)OC(=O)N[C@@H]1CCc2nc(N)ncc2C1. The van der Waals surface area contributed by atoms with Crippen LogP contribution >= 0.6 is 0 Å². The van der Waals surface area contributed by atoms with Gasteiger partial charge in [0.2, 0.25) is 5.95 Å². The largest absolute Gasteiger partial charge is 0.444 e. The standard InChI is InChI=1S/C13H20N4O2/c1-13(2,3)19-12(18)16-9-4-5-10-8(6-9)7-15-11(14)17-10/h7,9H,4-6H2,1-3H3,(H,16,18)(H2,14,15,17)/t9-/m1/s1. The lowest BCUT2D eigenvalue weighted by atomic mass is 9.93. The van der Waals surface area contributed by atoms with Crippen LogP contribution in [0.4, 0.5) is 10.7 Å². The number of hydrogen-bond donors (Lipinski definition) is 2. The number of hydrogen-bond acceptors (Lipinski definition) is 5. The van der Waals surface area contributed by atoms with E-state index >= 15 is 0 Å². The van der Waals surface area contributed by atoms with E-state index in [-0.39, 0.29) is 12.1 Å². The Balaban J connectivity index is 1.95. The Kier molecular flexibility index (Phi) is 3.59. The van der Waals surface area contributed by atoms with Gasteiger partial charge in [-0.3, -0.25) is 0 Å². The average Bonchev–Trinajstić information content (AvgIpc) is 2.26. The Hall–Kier alpha value is -1.85. The van der Waals surface area contributed by atoms with Crippen molar-refractivity contribution in [2.24, 2.45) is 0 Å². The fraction of sp³-hybridized carbons (Fsp3) is 0.615. The number of nitrogens with zero attached hydrogens (tertiary/aromatic N) is 2. The molecule has 104 valence electrons. The zero-order valence-electron chi connectivity index (χ0n) is 11.6. The van der Waals surface area contributed by atoms with E-state index in [0.717, 1.165) is 30.5 Å². The average molecular weight is 264 g/mol. The fourth-order valence-corrected chi connectivity index (χ4v) is 2.12. The van der Waals surface area contributed by atoms with Crippen molar-refractivity contribution < 1.29 is 9.53 Å². The number of nitrogens with two attached hydrogens (primary N) is 1. The second-order valence-electron chi connectivity index (χ2n) is 5.79. The molecule has 0 saturated carbocycles. The third-order valence-corrected chi connectivity index (χ3v) is 2.89. The summed E-state index contributed by atoms with van der Waals surface area (Å²) in [6.45, 7) is 5.54. The van der Waals surface area contributed by atoms with E-state index in [1.165, 1.54) is 0 Å². The molecule has 0 spiro atoms. The molecule has 1 heterocycles. The number of alkyl carbamates (subject to hydrolysis) is 1. The zero-order chi connectivity index (χ0) is 14.0. The molecule has 1 aromatic rings. The van der Waals surface area contributed by atoms with Gasteiger partial charge in [-0.2, -0.15) is 0 Å². The van der Waals surface area contributed by atoms with Crippen molar-refractivity contribution >= 4 is 12.0 Å². The molecule has 3 N–H and O–H groups in total. The summed E-state index contributed by atoms with van der Waals surface area (Å²) in [5.74, 6) is 0.303. The Labute approximate surface area is 112 Å². The van der Waals surface area contributed by atoms with Crippen LogP contribution in [-0.4, -0.2) is 27.7 Å². The first-order chi connectivity index (χ1) is 8.83. The lowest BCUT2D eigenvalue weighted by Gasteiger charge is -2.26. The lowest BCUT2D eigenvalue weighted by Crippen LogP contribution is -2.42. The molecule has 1 atom stereocenters. The first kappa shape index (κ1) is 13.6. The highest BCUT2D eigenvalue weighted by Gasteiger charge is 2.24. The highest BCUT2D eigenvalue weighted by atomic mass is 16.6. The van der Waals surface area contributed by atoms with E-state index in [2.05, 4.69) is 15.3 Å². The lowest BCUT2D eigenvalue weighted by molar-refractivity contribution is 0.0500. The van der Waals surface area contributed by atoms with Gasteiger partial charge < -0.3 is 15.8 Å². The first-order valence-electron chi connectivity index (χ1n) is 6.43. The minimum atomic E-state index is -0.478. The summed E-state index contributed by atoms with van der Waals surface area (Å²) in [6, 6.07) is 0.0644. The highest BCUT2D eigenvalue weighted by Crippen LogP contribution is 2.20. The van der Waals surface area contributed by atoms with E-state index in [9.17, 15) is 4.79 Å². The number of rotatable bonds is 1. The summed E-state index contributed by atoms with van der Waals surface area (Å²) in [7, 11) is 0. The molecule has 1 aliphatic rings. The fourth-order valence-electron chi connectivity index (χ4n) is 2.12. The number of amides is 1. The van der Waals surface area contributed by atoms with E-state index in [1.54, 1.807) is 6.20 Å². The number of anilines is 1. The predicted octanol–water partition coefficient (Wildman–Crippen LogP) is 1.44. The van der Waals surface area contributed by atoms with E-state index in [1.807, 2.05) is 20.8 Å². The molecule has 0 bridgehead atoms. The number of fused-ring (bicyclic) bond motifs is 1. The molecular weight excluding hydrogens is 244 g/mol. The quantitative estimate of drug-likeness (QED) is 0.801. The molecule has 0 fully saturated rings. The van der Waals surface area contributed by atoms with Crippen LogP contribution in [-0.2, 0) is 17.6 Å². The number of carbonyl (C=O) groups excluding carboxylic acids is 1. The number of nitrogens with one attached hydrogen (secondary N) is 1. The van der Waals surface area contributed by atoms with Crippen LogP contribution in [0.3, 0.4) is 0 Å². The van der Waals surface area contributed by atoms with Crippen LogP contribution < -0.4 is 11.1 Å². The molecule has 1 aromatic heterocycles. The van der Waals surface area contributed by atoms with E-state index in [0.29, 0.717) is 5.95 Å². The molecule has 0 saturated heterocycles. The molecule has 0 aromatic carbocycles. The molecule has 1 amide bonds. The smallest absolute Gasteiger partial charge is 0.407 e. The molecule has 2 rings (SSSR count). The van der Waals surface area contributed by atoms with Gasteiger partial charge in [0.25, 0.3) is 0 Å². The second-order valence-corrected chi connectivity index (χ2v) is 5.79. The number of nitrogen functional groups attached to an aromatic ring is 1. The summed E-state index contributed by atoms with van der Waals surface area (Å²) in [4.78, 5) is 19.9. The van der Waals surface area contributed by atoms with Crippen molar-refractivity contribution in [1.29, 1.82) is 0 Å². The Bertz CT molecular complexity index is 482. The molecule has 0 aliphatic heterocycles. The Morgan fingerprint density at radius 2 is 2.26 bits per heavy atom. The van der Waals surface area contributed by atoms with Crippen molar-refractivity contribution in [2.75, 3.05) is 5.73 Å². The predicted molar refractivity (Wildman–Crippen MR) is 71.6 cm³/mol. The van der Waals surface area contributed by atoms with Gasteiger partial charge in [-0.1, -0.05) is 0 Å². The Morgan fingerprint density at radius 3 is 2.95 bits per heavy atom. The molecule has 6 nitrogen and oxygen atoms in total. The number of carbonyl (C=O) groups is 1. The van der Waals surface area contributed by atoms with Crippen LogP contribution in [0, 0.1) is 0 Å². The molecule has 19 heavy (non-hydrogen) atoms. The third kappa shape index (κ3) is 3.81. The number of aromatic nitrogens is 2. The summed E-state index contributed by atoms with van der Waals surface area (Å²) < 4.78 is 5.25. The van der Waals surface area contributed by atoms with Crippen LogP contribution in [0.15, 0.2) is 6.20 Å². The van der Waals surface area contributed by atoms with Gasteiger partial charge in [-0.15, -0.1) is 0 Å². The highest BCUT2D eigenvalue weighted by molar-refractivity contribution is 5.68. The molecule has 6 heteroatoms. The van der Waals surface area contributed by atoms with Crippen LogP contribution in [0.2, 0.25) is 0 Å². The number of aryl methyl sites for hydroxylation is 1. The van der Waals surface area contributed by atoms with Gasteiger partial charge in [0.05, 0.1) is 0 Å². The Morgan fingerprint density at radius 1 is 1.53 bits per heavy atom. The van der Waals surface area contributed by atoms with Crippen molar-refractivity contribution in [3.8, 4) is 0 Å². The van der Waals surface area contributed by atoms with Crippen molar-refractivity contribution in [2.45, 2.75) is 51.7 Å². The van der Waals surface area contributed by atoms with Gasteiger partial charge in [-0.05, 0) is 45.6 Å². The monoisotopic (exact) mass is 264 g/mol. The van der Waals surface area contributed by atoms with Crippen molar-refractivity contribution in [3.63, 3.8) is 0 Å². The summed E-state index contributed by atoms with van der Waals surface area (Å²) in [6.07, 6.45) is 3.71. The molecular formula is C13H20N4O2. The first-order valence-corrected chi connectivity index (χ1v) is 6.43. The van der Waals surface area contributed by atoms with Crippen molar-refractivity contribution in [3.05, 3.63) is 17.5 Å². The van der Waals surface area contributed by atoms with Gasteiger partial charge in [-0.25, -0.2) is 14.8 Å². The molecule has 0 radical (unpaired) electrons. The van der Waals surface area contributed by atoms with Gasteiger partial charge >= 0.3 is 6.09 Å². The van der Waals surface area contributed by atoms with Crippen molar-refractivity contribution in [1.82, 2.24) is 15.3 Å². The molecule has 1 aliphatic carbocycles. The van der Waals surface area contributed by atoms with Gasteiger partial charge in [0.15, 0.2) is 0 Å². The van der Waals surface area contributed by atoms with Crippen LogP contribution in [0.25, 0.3) is 0 Å². The maximum Gasteiger partial charge on any atom is 0.407 e. The van der Waals surface area contributed by atoms with Gasteiger partial charge in [0.1, 0.15) is 5.60 Å². The molecule has 0 unspecified atom stereocenters. The minimum absolute atomic E-state index is 0.0644. The van der Waals surface area contributed by atoms with Gasteiger partial charge in [0, 0.05) is 17.9 Å². The number of ether oxygens (including phenoxy) is 1. The van der Waals surface area contributed by atoms with E-state index in [4.69, 9.17) is 10.5 Å². The third-order valence-electron chi connectivity index (χ3n) is 2.89. The van der Waals surface area contributed by atoms with Crippen LogP contribution in [0.1, 0.15) is 38.4 Å². The normalized spacial score (nSPS) is 18.6. The minimum Gasteiger partial charge on any atom is -0.444 e. The summed E-state index contributed by atoms with van der Waals surface area (Å²) >= 11 is 0. The van der Waals surface area contributed by atoms with E-state index < -0.39 is 5.60 Å². The summed E-state index contributed by atoms with van der Waals surface area (Å²) in [5, 5.41) is 2.88. The topological polar surface area (TPSA) is 90.1 Å².